The van der Waals surface area contributed by atoms with E-state index in [-0.39, 0.29) is 19.0 Å². The Morgan fingerprint density at radius 2 is 2.14 bits per heavy atom. The van der Waals surface area contributed by atoms with Gasteiger partial charge in [-0.2, -0.15) is 15.6 Å². The molecule has 1 aromatic heterocycles. The molecule has 0 aliphatic heterocycles. The topological polar surface area (TPSA) is 96.6 Å². The molecule has 0 saturated carbocycles. The van der Waals surface area contributed by atoms with Crippen LogP contribution in [0.15, 0.2) is 12.4 Å². The van der Waals surface area contributed by atoms with E-state index in [1.54, 1.807) is 0 Å². The average Bonchev–Trinajstić information content (AvgIpc) is 2.69. The summed E-state index contributed by atoms with van der Waals surface area (Å²) in [6.07, 6.45) is 2.77. The number of hydrogen-bond donors (Lipinski definition) is 1. The van der Waals surface area contributed by atoms with Gasteiger partial charge in [0.1, 0.15) is 13.1 Å². The third kappa shape index (κ3) is 2.08. The molecule has 1 rings (SSSR count). The molecule has 14 heavy (non-hydrogen) atoms. The number of aromatic nitrogens is 2. The van der Waals surface area contributed by atoms with Gasteiger partial charge in [-0.1, -0.05) is 0 Å². The molecule has 6 heteroatoms. The number of nitrogens with one attached hydrogen (secondary N) is 1. The first-order valence-electron chi connectivity index (χ1n) is 3.81. The predicted molar refractivity (Wildman–Crippen MR) is 45.7 cm³/mol. The number of H-pyrrole nitrogens is 1. The lowest BCUT2D eigenvalue weighted by atomic mass is 10.3. The first-order chi connectivity index (χ1) is 6.79. The van der Waals surface area contributed by atoms with Crippen molar-refractivity contribution in [2.75, 3.05) is 13.1 Å². The monoisotopic (exact) mass is 189 g/mol. The van der Waals surface area contributed by atoms with Crippen LogP contribution in [0.1, 0.15) is 10.4 Å². The Balaban J connectivity index is 2.76. The van der Waals surface area contributed by atoms with E-state index >= 15 is 0 Å². The zero-order valence-electron chi connectivity index (χ0n) is 7.27. The molecule has 0 saturated heterocycles. The molecular formula is C8H7N5O. The van der Waals surface area contributed by atoms with Crippen molar-refractivity contribution in [3.05, 3.63) is 18.0 Å². The summed E-state index contributed by atoms with van der Waals surface area (Å²) in [6, 6.07) is 3.64. The fraction of sp³-hybridized carbons (Fsp3) is 0.250. The van der Waals surface area contributed by atoms with Crippen LogP contribution in [-0.4, -0.2) is 34.1 Å². The summed E-state index contributed by atoms with van der Waals surface area (Å²) in [4.78, 5) is 12.7. The fourth-order valence-corrected chi connectivity index (χ4v) is 0.921. The largest absolute Gasteiger partial charge is 0.312 e. The van der Waals surface area contributed by atoms with Crippen LogP contribution in [-0.2, 0) is 0 Å². The quantitative estimate of drug-likeness (QED) is 0.671. The summed E-state index contributed by atoms with van der Waals surface area (Å²) in [5.41, 5.74) is 0.343. The zero-order chi connectivity index (χ0) is 10.4. The van der Waals surface area contributed by atoms with Crippen molar-refractivity contribution in [3.63, 3.8) is 0 Å². The maximum absolute atomic E-state index is 11.5. The molecule has 0 unspecified atom stereocenters. The Morgan fingerprint density at radius 1 is 1.50 bits per heavy atom. The van der Waals surface area contributed by atoms with Gasteiger partial charge < -0.3 is 4.90 Å². The highest BCUT2D eigenvalue weighted by atomic mass is 16.2. The molecular weight excluding hydrogens is 182 g/mol. The second-order valence-electron chi connectivity index (χ2n) is 2.46. The van der Waals surface area contributed by atoms with Gasteiger partial charge in [-0.05, 0) is 0 Å². The third-order valence-electron chi connectivity index (χ3n) is 1.56. The lowest BCUT2D eigenvalue weighted by Crippen LogP contribution is -2.31. The molecule has 0 spiro atoms. The molecule has 6 nitrogen and oxygen atoms in total. The predicted octanol–water partition coefficient (Wildman–Crippen LogP) is -0.101. The highest BCUT2D eigenvalue weighted by Gasteiger charge is 2.15. The molecule has 0 aromatic carbocycles. The third-order valence-corrected chi connectivity index (χ3v) is 1.56. The number of carbonyl (C=O) groups excluding carboxylic acids is 1. The molecule has 1 N–H and O–H groups in total. The van der Waals surface area contributed by atoms with Crippen molar-refractivity contribution in [3.8, 4) is 12.1 Å². The van der Waals surface area contributed by atoms with Crippen molar-refractivity contribution in [2.24, 2.45) is 0 Å². The van der Waals surface area contributed by atoms with Crippen molar-refractivity contribution in [2.45, 2.75) is 0 Å². The van der Waals surface area contributed by atoms with Gasteiger partial charge in [-0.3, -0.25) is 9.89 Å². The smallest absolute Gasteiger partial charge is 0.258 e. The van der Waals surface area contributed by atoms with Gasteiger partial charge in [0, 0.05) is 6.20 Å². The molecule has 1 aromatic rings. The molecule has 0 fully saturated rings. The van der Waals surface area contributed by atoms with E-state index in [1.165, 1.54) is 12.4 Å². The minimum atomic E-state index is -0.373. The first kappa shape index (κ1) is 9.75. The van der Waals surface area contributed by atoms with Gasteiger partial charge in [-0.25, -0.2) is 0 Å². The second-order valence-corrected chi connectivity index (χ2v) is 2.46. The molecule has 0 aliphatic rings. The average molecular weight is 189 g/mol. The lowest BCUT2D eigenvalue weighted by molar-refractivity contribution is 0.0795. The zero-order valence-corrected chi connectivity index (χ0v) is 7.27. The molecule has 1 amide bonds. The Labute approximate surface area is 80.4 Å². The van der Waals surface area contributed by atoms with Crippen LogP contribution >= 0.6 is 0 Å². The standard InChI is InChI=1S/C8H7N5O/c9-1-3-13(4-2-10)8(14)7-5-11-12-6-7/h5-6H,3-4H2,(H,11,12). The van der Waals surface area contributed by atoms with Crippen molar-refractivity contribution in [1.29, 1.82) is 10.5 Å². The first-order valence-corrected chi connectivity index (χ1v) is 3.81. The minimum Gasteiger partial charge on any atom is -0.312 e. The van der Waals surface area contributed by atoms with E-state index in [0.717, 1.165) is 4.90 Å². The number of amides is 1. The molecule has 70 valence electrons. The maximum Gasteiger partial charge on any atom is 0.258 e. The van der Waals surface area contributed by atoms with Crippen LogP contribution in [0.2, 0.25) is 0 Å². The molecule has 0 radical (unpaired) electrons. The summed E-state index contributed by atoms with van der Waals surface area (Å²) >= 11 is 0. The second kappa shape index (κ2) is 4.63. The summed E-state index contributed by atoms with van der Waals surface area (Å²) in [5.74, 6) is -0.373. The Kier molecular flexibility index (Phi) is 3.22. The summed E-state index contributed by atoms with van der Waals surface area (Å²) in [7, 11) is 0. The number of carbonyl (C=O) groups is 1. The van der Waals surface area contributed by atoms with Crippen molar-refractivity contribution in [1.82, 2.24) is 15.1 Å². The molecule has 0 atom stereocenters. The van der Waals surface area contributed by atoms with Gasteiger partial charge in [0.2, 0.25) is 0 Å². The number of aromatic amines is 1. The number of nitriles is 2. The van der Waals surface area contributed by atoms with Gasteiger partial charge in [0.25, 0.3) is 5.91 Å². The van der Waals surface area contributed by atoms with Crippen LogP contribution in [0.5, 0.6) is 0 Å². The van der Waals surface area contributed by atoms with Crippen molar-refractivity contribution >= 4 is 5.91 Å². The summed E-state index contributed by atoms with van der Waals surface area (Å²) in [6.45, 7) is -0.199. The molecule has 0 aliphatic carbocycles. The van der Waals surface area contributed by atoms with Crippen LogP contribution in [0.3, 0.4) is 0 Å². The maximum atomic E-state index is 11.5. The van der Waals surface area contributed by atoms with Crippen LogP contribution in [0.25, 0.3) is 0 Å². The van der Waals surface area contributed by atoms with Crippen LogP contribution < -0.4 is 0 Å². The van der Waals surface area contributed by atoms with E-state index in [4.69, 9.17) is 10.5 Å². The van der Waals surface area contributed by atoms with E-state index in [9.17, 15) is 4.79 Å². The molecule has 0 bridgehead atoms. The fourth-order valence-electron chi connectivity index (χ4n) is 0.921. The normalized spacial score (nSPS) is 8.71. The van der Waals surface area contributed by atoms with E-state index < -0.39 is 0 Å². The number of hydrogen-bond acceptors (Lipinski definition) is 4. The van der Waals surface area contributed by atoms with E-state index in [2.05, 4.69) is 10.2 Å². The SMILES string of the molecule is N#CCN(CC#N)C(=O)c1cn[nH]c1. The lowest BCUT2D eigenvalue weighted by Gasteiger charge is -2.13. The number of nitrogens with zero attached hydrogens (tertiary/aromatic N) is 4. The minimum absolute atomic E-state index is 0.0996. The van der Waals surface area contributed by atoms with Gasteiger partial charge in [-0.15, -0.1) is 0 Å². The van der Waals surface area contributed by atoms with Crippen LogP contribution in [0, 0.1) is 22.7 Å². The molecule has 1 heterocycles. The van der Waals surface area contributed by atoms with Crippen LogP contribution in [0.4, 0.5) is 0 Å². The van der Waals surface area contributed by atoms with Gasteiger partial charge >= 0.3 is 0 Å². The van der Waals surface area contributed by atoms with Crippen molar-refractivity contribution < 1.29 is 4.79 Å². The van der Waals surface area contributed by atoms with Gasteiger partial charge in [0.15, 0.2) is 0 Å². The van der Waals surface area contributed by atoms with E-state index in [0.29, 0.717) is 5.56 Å². The van der Waals surface area contributed by atoms with Gasteiger partial charge in [0.05, 0.1) is 23.9 Å². The summed E-state index contributed by atoms with van der Waals surface area (Å²) in [5, 5.41) is 23.0. The highest BCUT2D eigenvalue weighted by molar-refractivity contribution is 5.93. The Morgan fingerprint density at radius 3 is 2.57 bits per heavy atom. The Bertz CT molecular complexity index is 367. The Hall–Kier alpha value is -2.34. The highest BCUT2D eigenvalue weighted by Crippen LogP contribution is 2.00. The number of rotatable bonds is 3. The summed E-state index contributed by atoms with van der Waals surface area (Å²) < 4.78 is 0. The van der Waals surface area contributed by atoms with E-state index in [1.807, 2.05) is 12.1 Å².